The molecule has 0 aromatic heterocycles. The van der Waals surface area contributed by atoms with E-state index in [9.17, 15) is 4.79 Å². The Morgan fingerprint density at radius 2 is 2.32 bits per heavy atom. The molecule has 1 aromatic carbocycles. The molecule has 0 spiro atoms. The summed E-state index contributed by atoms with van der Waals surface area (Å²) in [5, 5.41) is 6.29. The Bertz CT molecular complexity index is 493. The van der Waals surface area contributed by atoms with Crippen LogP contribution in [-0.2, 0) is 4.79 Å². The van der Waals surface area contributed by atoms with Gasteiger partial charge in [0, 0.05) is 6.54 Å². The molecular weight excluding hydrogens is 368 g/mol. The first-order valence-electron chi connectivity index (χ1n) is 7.47. The Morgan fingerprint density at radius 1 is 1.55 bits per heavy atom. The van der Waals surface area contributed by atoms with Crippen LogP contribution < -0.4 is 15.4 Å². The average molecular weight is 392 g/mol. The number of ether oxygens (including phenoxy) is 1. The van der Waals surface area contributed by atoms with Crippen LogP contribution in [0.15, 0.2) is 22.7 Å². The topological polar surface area (TPSA) is 50.4 Å². The number of carbonyl (C=O) groups excluding carboxylic acids is 1. The highest BCUT2D eigenvalue weighted by molar-refractivity contribution is 9.10. The molecule has 1 saturated heterocycles. The van der Waals surface area contributed by atoms with Gasteiger partial charge in [0.25, 0.3) is 5.91 Å². The zero-order valence-electron chi connectivity index (χ0n) is 13.0. The molecule has 2 rings (SSSR count). The van der Waals surface area contributed by atoms with Crippen molar-refractivity contribution in [2.45, 2.75) is 32.8 Å². The van der Waals surface area contributed by atoms with Crippen molar-refractivity contribution in [3.63, 3.8) is 0 Å². The summed E-state index contributed by atoms with van der Waals surface area (Å²) < 4.78 is 6.59. The fraction of sp³-hybridized carbons (Fsp3) is 0.562. The molecule has 1 aliphatic heterocycles. The van der Waals surface area contributed by atoms with Gasteiger partial charge in [-0.2, -0.15) is 0 Å². The standard InChI is InChI=1S/C16H23BrN2O2.ClH/c1-11-3-4-15(14(17)9-11)21-12(2)16(20)19-8-6-13-5-7-18-10-13;/h3-4,9,12-13,18H,5-8,10H2,1-2H3,(H,19,20);1H. The van der Waals surface area contributed by atoms with E-state index >= 15 is 0 Å². The van der Waals surface area contributed by atoms with Crippen molar-refractivity contribution in [3.05, 3.63) is 28.2 Å². The molecule has 4 nitrogen and oxygen atoms in total. The van der Waals surface area contributed by atoms with E-state index in [0.29, 0.717) is 18.2 Å². The molecule has 124 valence electrons. The minimum atomic E-state index is -0.495. The fourth-order valence-corrected chi connectivity index (χ4v) is 3.04. The Morgan fingerprint density at radius 3 is 2.95 bits per heavy atom. The van der Waals surface area contributed by atoms with Crippen molar-refractivity contribution < 1.29 is 9.53 Å². The highest BCUT2D eigenvalue weighted by atomic mass is 79.9. The van der Waals surface area contributed by atoms with Crippen LogP contribution in [0.3, 0.4) is 0 Å². The molecule has 1 fully saturated rings. The van der Waals surface area contributed by atoms with Gasteiger partial charge in [0.05, 0.1) is 4.47 Å². The molecule has 0 aliphatic carbocycles. The Balaban J connectivity index is 0.00000242. The summed E-state index contributed by atoms with van der Waals surface area (Å²) in [6.07, 6.45) is 1.74. The van der Waals surface area contributed by atoms with E-state index in [1.165, 1.54) is 6.42 Å². The van der Waals surface area contributed by atoms with Gasteiger partial charge in [-0.15, -0.1) is 12.4 Å². The number of carbonyl (C=O) groups is 1. The van der Waals surface area contributed by atoms with E-state index < -0.39 is 6.10 Å². The molecule has 2 N–H and O–H groups in total. The molecule has 22 heavy (non-hydrogen) atoms. The lowest BCUT2D eigenvalue weighted by molar-refractivity contribution is -0.127. The number of benzene rings is 1. The quantitative estimate of drug-likeness (QED) is 0.783. The SMILES string of the molecule is Cc1ccc(OC(C)C(=O)NCCC2CCNC2)c(Br)c1.Cl. The van der Waals surface area contributed by atoms with Crippen LogP contribution in [0, 0.1) is 12.8 Å². The molecule has 6 heteroatoms. The Hall–Kier alpha value is -0.780. The Kier molecular flexibility index (Phi) is 8.21. The zero-order valence-corrected chi connectivity index (χ0v) is 15.4. The highest BCUT2D eigenvalue weighted by Gasteiger charge is 2.18. The van der Waals surface area contributed by atoms with Gasteiger partial charge in [0.15, 0.2) is 6.10 Å². The third-order valence-corrected chi connectivity index (χ3v) is 4.39. The Labute approximate surface area is 146 Å². The zero-order chi connectivity index (χ0) is 15.2. The van der Waals surface area contributed by atoms with Crippen molar-refractivity contribution in [3.8, 4) is 5.75 Å². The smallest absolute Gasteiger partial charge is 0.260 e. The lowest BCUT2D eigenvalue weighted by Crippen LogP contribution is -2.37. The van der Waals surface area contributed by atoms with Crippen molar-refractivity contribution in [1.82, 2.24) is 10.6 Å². The number of hydrogen-bond donors (Lipinski definition) is 2. The van der Waals surface area contributed by atoms with Crippen LogP contribution in [-0.4, -0.2) is 31.6 Å². The lowest BCUT2D eigenvalue weighted by atomic mass is 10.1. The van der Waals surface area contributed by atoms with Gasteiger partial charge in [-0.05, 0) is 79.3 Å². The first-order chi connectivity index (χ1) is 10.1. The molecule has 2 atom stereocenters. The molecule has 2 unspecified atom stereocenters. The summed E-state index contributed by atoms with van der Waals surface area (Å²) in [7, 11) is 0. The number of aryl methyl sites for hydroxylation is 1. The maximum atomic E-state index is 12.0. The van der Waals surface area contributed by atoms with E-state index in [4.69, 9.17) is 4.74 Å². The van der Waals surface area contributed by atoms with E-state index in [2.05, 4.69) is 26.6 Å². The summed E-state index contributed by atoms with van der Waals surface area (Å²) >= 11 is 3.46. The first-order valence-corrected chi connectivity index (χ1v) is 8.27. The van der Waals surface area contributed by atoms with E-state index in [0.717, 1.165) is 29.5 Å². The largest absolute Gasteiger partial charge is 0.480 e. The lowest BCUT2D eigenvalue weighted by Gasteiger charge is -2.16. The highest BCUT2D eigenvalue weighted by Crippen LogP contribution is 2.26. The number of amides is 1. The van der Waals surface area contributed by atoms with Crippen molar-refractivity contribution in [1.29, 1.82) is 0 Å². The van der Waals surface area contributed by atoms with E-state index in [1.807, 2.05) is 25.1 Å². The maximum Gasteiger partial charge on any atom is 0.260 e. The number of rotatable bonds is 6. The molecule has 1 heterocycles. The summed E-state index contributed by atoms with van der Waals surface area (Å²) in [5.74, 6) is 1.32. The molecule has 1 aliphatic rings. The first kappa shape index (κ1) is 19.3. The van der Waals surface area contributed by atoms with Crippen LogP contribution in [0.2, 0.25) is 0 Å². The number of hydrogen-bond acceptors (Lipinski definition) is 3. The van der Waals surface area contributed by atoms with Crippen LogP contribution in [0.25, 0.3) is 0 Å². The van der Waals surface area contributed by atoms with E-state index in [-0.39, 0.29) is 18.3 Å². The fourth-order valence-electron chi connectivity index (χ4n) is 2.45. The maximum absolute atomic E-state index is 12.0. The van der Waals surface area contributed by atoms with Gasteiger partial charge in [0.1, 0.15) is 5.75 Å². The normalized spacial score (nSPS) is 18.4. The molecule has 1 amide bonds. The van der Waals surface area contributed by atoms with Crippen LogP contribution >= 0.6 is 28.3 Å². The summed E-state index contributed by atoms with van der Waals surface area (Å²) in [6, 6.07) is 5.83. The number of nitrogens with one attached hydrogen (secondary N) is 2. The van der Waals surface area contributed by atoms with Crippen LogP contribution in [0.5, 0.6) is 5.75 Å². The second-order valence-corrected chi connectivity index (χ2v) is 6.49. The average Bonchev–Trinajstić information content (AvgIpc) is 2.95. The second kappa shape index (κ2) is 9.38. The van der Waals surface area contributed by atoms with Crippen molar-refractivity contribution in [2.75, 3.05) is 19.6 Å². The summed E-state index contributed by atoms with van der Waals surface area (Å²) in [6.45, 7) is 6.67. The predicted octanol–water partition coefficient (Wildman–Crippen LogP) is 3.06. The van der Waals surface area contributed by atoms with Crippen molar-refractivity contribution in [2.24, 2.45) is 5.92 Å². The molecule has 1 aromatic rings. The third kappa shape index (κ3) is 5.78. The molecular formula is C16H24BrClN2O2. The number of halogens is 2. The molecule has 0 saturated carbocycles. The van der Waals surface area contributed by atoms with Gasteiger partial charge < -0.3 is 15.4 Å². The summed E-state index contributed by atoms with van der Waals surface area (Å²) in [5.41, 5.74) is 1.15. The predicted molar refractivity (Wildman–Crippen MR) is 94.8 cm³/mol. The monoisotopic (exact) mass is 390 g/mol. The molecule has 0 bridgehead atoms. The van der Waals surface area contributed by atoms with Gasteiger partial charge in [-0.25, -0.2) is 0 Å². The van der Waals surface area contributed by atoms with Crippen LogP contribution in [0.4, 0.5) is 0 Å². The minimum absolute atomic E-state index is 0. The van der Waals surface area contributed by atoms with Gasteiger partial charge in [-0.3, -0.25) is 4.79 Å². The van der Waals surface area contributed by atoms with E-state index in [1.54, 1.807) is 6.92 Å². The van der Waals surface area contributed by atoms with Gasteiger partial charge in [0.2, 0.25) is 0 Å². The van der Waals surface area contributed by atoms with Gasteiger partial charge >= 0.3 is 0 Å². The molecule has 0 radical (unpaired) electrons. The van der Waals surface area contributed by atoms with Crippen molar-refractivity contribution >= 4 is 34.2 Å². The third-order valence-electron chi connectivity index (χ3n) is 3.77. The second-order valence-electron chi connectivity index (χ2n) is 5.63. The summed E-state index contributed by atoms with van der Waals surface area (Å²) in [4.78, 5) is 12.0. The minimum Gasteiger partial charge on any atom is -0.480 e. The van der Waals surface area contributed by atoms with Crippen LogP contribution in [0.1, 0.15) is 25.3 Å². The van der Waals surface area contributed by atoms with Gasteiger partial charge in [-0.1, -0.05) is 6.07 Å².